The van der Waals surface area contributed by atoms with Gasteiger partial charge in [-0.05, 0) is 30.9 Å². The van der Waals surface area contributed by atoms with Crippen molar-refractivity contribution in [1.29, 1.82) is 0 Å². The molecule has 23 heavy (non-hydrogen) atoms. The van der Waals surface area contributed by atoms with Crippen molar-refractivity contribution in [2.24, 2.45) is 5.92 Å². The van der Waals surface area contributed by atoms with Crippen LogP contribution in [0.25, 0.3) is 11.3 Å². The van der Waals surface area contributed by atoms with Gasteiger partial charge in [0.2, 0.25) is 11.7 Å². The summed E-state index contributed by atoms with van der Waals surface area (Å²) < 4.78 is 16.1. The Morgan fingerprint density at radius 3 is 2.35 bits per heavy atom. The Labute approximate surface area is 135 Å². The van der Waals surface area contributed by atoms with E-state index < -0.39 is 0 Å². The second-order valence-electron chi connectivity index (χ2n) is 5.40. The molecule has 1 aliphatic carbocycles. The fraction of sp³-hybridized carbons (Fsp3) is 0.438. The highest BCUT2D eigenvalue weighted by atomic mass is 16.5. The van der Waals surface area contributed by atoms with Crippen molar-refractivity contribution in [3.63, 3.8) is 0 Å². The van der Waals surface area contributed by atoms with E-state index in [-0.39, 0.29) is 0 Å². The summed E-state index contributed by atoms with van der Waals surface area (Å²) in [5, 5.41) is 11.3. The smallest absolute Gasteiger partial charge is 0.243 e. The molecule has 122 valence electrons. The molecule has 0 bridgehead atoms. The van der Waals surface area contributed by atoms with Crippen LogP contribution in [0, 0.1) is 5.92 Å². The first-order valence-corrected chi connectivity index (χ1v) is 7.49. The summed E-state index contributed by atoms with van der Waals surface area (Å²) in [4.78, 5) is 4.51. The van der Waals surface area contributed by atoms with Gasteiger partial charge in [0.05, 0.1) is 33.2 Å². The van der Waals surface area contributed by atoms with Gasteiger partial charge < -0.3 is 19.5 Å². The van der Waals surface area contributed by atoms with Crippen molar-refractivity contribution in [3.05, 3.63) is 18.3 Å². The lowest BCUT2D eigenvalue weighted by Crippen LogP contribution is -2.08. The molecule has 7 heteroatoms. The summed E-state index contributed by atoms with van der Waals surface area (Å²) in [6.07, 6.45) is 4.16. The van der Waals surface area contributed by atoms with Gasteiger partial charge in [0.25, 0.3) is 0 Å². The maximum atomic E-state index is 5.37. The van der Waals surface area contributed by atoms with E-state index in [1.54, 1.807) is 27.5 Å². The molecule has 7 nitrogen and oxygen atoms in total. The normalized spacial score (nSPS) is 13.5. The van der Waals surface area contributed by atoms with E-state index in [1.165, 1.54) is 12.8 Å². The topological polar surface area (TPSA) is 78.4 Å². The number of rotatable bonds is 7. The van der Waals surface area contributed by atoms with Crippen LogP contribution in [0.15, 0.2) is 18.3 Å². The van der Waals surface area contributed by atoms with Crippen molar-refractivity contribution >= 4 is 5.95 Å². The Balaban J connectivity index is 1.92. The molecule has 0 atom stereocenters. The SMILES string of the molecule is COc1cc(-c2cnnc(NCC3CC3)n2)cc(OC)c1OC. The number of aromatic nitrogens is 3. The monoisotopic (exact) mass is 316 g/mol. The van der Waals surface area contributed by atoms with Gasteiger partial charge in [0.1, 0.15) is 0 Å². The Morgan fingerprint density at radius 2 is 1.78 bits per heavy atom. The van der Waals surface area contributed by atoms with Crippen LogP contribution >= 0.6 is 0 Å². The fourth-order valence-electron chi connectivity index (χ4n) is 2.30. The Bertz CT molecular complexity index is 664. The maximum Gasteiger partial charge on any atom is 0.243 e. The summed E-state index contributed by atoms with van der Waals surface area (Å²) in [5.74, 6) is 2.97. The van der Waals surface area contributed by atoms with Crippen molar-refractivity contribution in [1.82, 2.24) is 15.2 Å². The number of nitrogens with zero attached hydrogens (tertiary/aromatic N) is 3. The number of benzene rings is 1. The minimum absolute atomic E-state index is 0.531. The summed E-state index contributed by atoms with van der Waals surface area (Å²) >= 11 is 0. The number of nitrogens with one attached hydrogen (secondary N) is 1. The zero-order valence-corrected chi connectivity index (χ0v) is 13.5. The number of methoxy groups -OCH3 is 3. The lowest BCUT2D eigenvalue weighted by atomic mass is 10.1. The molecule has 1 fully saturated rings. The Morgan fingerprint density at radius 1 is 1.09 bits per heavy atom. The van der Waals surface area contributed by atoms with Gasteiger partial charge in [-0.25, -0.2) is 4.98 Å². The molecule has 2 aromatic rings. The zero-order valence-electron chi connectivity index (χ0n) is 13.5. The lowest BCUT2D eigenvalue weighted by Gasteiger charge is -2.14. The molecule has 1 saturated carbocycles. The van der Waals surface area contributed by atoms with Gasteiger partial charge in [-0.2, -0.15) is 5.10 Å². The van der Waals surface area contributed by atoms with E-state index in [1.807, 2.05) is 12.1 Å². The van der Waals surface area contributed by atoms with Gasteiger partial charge in [0.15, 0.2) is 11.5 Å². The van der Waals surface area contributed by atoms with Crippen LogP contribution in [0.2, 0.25) is 0 Å². The molecule has 1 aliphatic rings. The van der Waals surface area contributed by atoms with E-state index in [2.05, 4.69) is 20.5 Å². The third-order valence-electron chi connectivity index (χ3n) is 3.77. The van der Waals surface area contributed by atoms with E-state index >= 15 is 0 Å². The molecule has 1 heterocycles. The van der Waals surface area contributed by atoms with E-state index in [0.29, 0.717) is 28.9 Å². The average Bonchev–Trinajstić information content (AvgIpc) is 3.43. The van der Waals surface area contributed by atoms with E-state index in [0.717, 1.165) is 18.0 Å². The number of anilines is 1. The summed E-state index contributed by atoms with van der Waals surface area (Å²) in [5.41, 5.74) is 1.52. The molecule has 0 unspecified atom stereocenters. The molecular formula is C16H20N4O3. The van der Waals surface area contributed by atoms with Crippen LogP contribution in [0.4, 0.5) is 5.95 Å². The molecule has 1 aromatic heterocycles. The van der Waals surface area contributed by atoms with Crippen molar-refractivity contribution in [2.45, 2.75) is 12.8 Å². The van der Waals surface area contributed by atoms with Crippen LogP contribution < -0.4 is 19.5 Å². The quantitative estimate of drug-likeness (QED) is 0.840. The van der Waals surface area contributed by atoms with Gasteiger partial charge in [-0.3, -0.25) is 0 Å². The van der Waals surface area contributed by atoms with Gasteiger partial charge in [-0.15, -0.1) is 5.10 Å². The highest BCUT2D eigenvalue weighted by Gasteiger charge is 2.21. The Kier molecular flexibility index (Phi) is 4.45. The minimum Gasteiger partial charge on any atom is -0.493 e. The highest BCUT2D eigenvalue weighted by Crippen LogP contribution is 2.40. The third kappa shape index (κ3) is 3.44. The predicted molar refractivity (Wildman–Crippen MR) is 86.1 cm³/mol. The number of ether oxygens (including phenoxy) is 3. The van der Waals surface area contributed by atoms with E-state index in [9.17, 15) is 0 Å². The first-order valence-electron chi connectivity index (χ1n) is 7.49. The zero-order chi connectivity index (χ0) is 16.2. The first-order chi connectivity index (χ1) is 11.2. The molecule has 3 rings (SSSR count). The van der Waals surface area contributed by atoms with Gasteiger partial charge in [-0.1, -0.05) is 0 Å². The van der Waals surface area contributed by atoms with Crippen molar-refractivity contribution in [3.8, 4) is 28.5 Å². The summed E-state index contributed by atoms with van der Waals surface area (Å²) in [7, 11) is 4.75. The third-order valence-corrected chi connectivity index (χ3v) is 3.77. The highest BCUT2D eigenvalue weighted by molar-refractivity contribution is 5.68. The predicted octanol–water partition coefficient (Wildman–Crippen LogP) is 2.39. The average molecular weight is 316 g/mol. The fourth-order valence-corrected chi connectivity index (χ4v) is 2.30. The summed E-state index contributed by atoms with van der Waals surface area (Å²) in [6, 6.07) is 3.69. The van der Waals surface area contributed by atoms with Crippen LogP contribution in [-0.4, -0.2) is 43.1 Å². The van der Waals surface area contributed by atoms with Crippen LogP contribution in [0.5, 0.6) is 17.2 Å². The minimum atomic E-state index is 0.531. The molecule has 0 amide bonds. The molecule has 1 aromatic carbocycles. The molecule has 0 saturated heterocycles. The van der Waals surface area contributed by atoms with Gasteiger partial charge >= 0.3 is 0 Å². The number of hydrogen-bond acceptors (Lipinski definition) is 7. The second kappa shape index (κ2) is 6.68. The van der Waals surface area contributed by atoms with Crippen LogP contribution in [0.1, 0.15) is 12.8 Å². The second-order valence-corrected chi connectivity index (χ2v) is 5.40. The molecule has 0 radical (unpaired) electrons. The van der Waals surface area contributed by atoms with Crippen LogP contribution in [-0.2, 0) is 0 Å². The first kappa shape index (κ1) is 15.3. The van der Waals surface area contributed by atoms with Gasteiger partial charge in [0, 0.05) is 12.1 Å². The molecule has 0 aliphatic heterocycles. The Hall–Kier alpha value is -2.57. The van der Waals surface area contributed by atoms with Crippen molar-refractivity contribution < 1.29 is 14.2 Å². The standard InChI is InChI=1S/C16H20N4O3/c1-21-13-6-11(7-14(22-2)15(13)23-3)12-9-18-20-16(19-12)17-8-10-4-5-10/h6-7,9-10H,4-5,8H2,1-3H3,(H,17,19,20). The summed E-state index contributed by atoms with van der Waals surface area (Å²) in [6.45, 7) is 0.889. The lowest BCUT2D eigenvalue weighted by molar-refractivity contribution is 0.324. The van der Waals surface area contributed by atoms with Crippen molar-refractivity contribution in [2.75, 3.05) is 33.2 Å². The molecule has 0 spiro atoms. The largest absolute Gasteiger partial charge is 0.493 e. The van der Waals surface area contributed by atoms with E-state index in [4.69, 9.17) is 14.2 Å². The molecular weight excluding hydrogens is 296 g/mol. The number of hydrogen-bond donors (Lipinski definition) is 1. The maximum absolute atomic E-state index is 5.37. The molecule has 1 N–H and O–H groups in total. The van der Waals surface area contributed by atoms with Crippen LogP contribution in [0.3, 0.4) is 0 Å².